The number of alkyl halides is 2. The molecule has 3 aromatic rings. The first-order valence-electron chi connectivity index (χ1n) is 10.2. The zero-order valence-electron chi connectivity index (χ0n) is 18.2. The highest BCUT2D eigenvalue weighted by Crippen LogP contribution is 2.31. The molecule has 0 radical (unpaired) electrons. The summed E-state index contributed by atoms with van der Waals surface area (Å²) in [4.78, 5) is 41.7. The molecule has 0 aliphatic carbocycles. The van der Waals surface area contributed by atoms with Crippen molar-refractivity contribution < 1.29 is 32.4 Å². The molecule has 0 spiro atoms. The number of thioether (sulfide) groups is 1. The number of hydrogen-bond donors (Lipinski definition) is 1. The summed E-state index contributed by atoms with van der Waals surface area (Å²) >= 11 is 0.914. The van der Waals surface area contributed by atoms with Crippen LogP contribution in [0.5, 0.6) is 5.75 Å². The fraction of sp³-hybridized carbons (Fsp3) is 0.0870. The van der Waals surface area contributed by atoms with E-state index in [-0.39, 0.29) is 33.7 Å². The highest BCUT2D eigenvalue weighted by molar-refractivity contribution is 8.14. The van der Waals surface area contributed by atoms with Crippen LogP contribution in [0, 0.1) is 10.1 Å². The molecule has 0 unspecified atom stereocenters. The number of carbonyl (C=O) groups excluding carboxylic acids is 2. The quantitative estimate of drug-likeness (QED) is 0.257. The number of nitrogens with zero attached hydrogens (tertiary/aromatic N) is 3. The molecule has 1 aromatic heterocycles. The van der Waals surface area contributed by atoms with Gasteiger partial charge in [-0.1, -0.05) is 23.9 Å². The third kappa shape index (κ3) is 5.75. The molecule has 1 aliphatic heterocycles. The summed E-state index contributed by atoms with van der Waals surface area (Å²) in [7, 11) is 0. The van der Waals surface area contributed by atoms with E-state index in [4.69, 9.17) is 4.42 Å². The Balaban J connectivity index is 1.55. The van der Waals surface area contributed by atoms with Crippen LogP contribution in [0.1, 0.15) is 5.76 Å². The molecule has 1 N–H and O–H groups in total. The van der Waals surface area contributed by atoms with Crippen LogP contribution in [-0.2, 0) is 9.59 Å². The van der Waals surface area contributed by atoms with Crippen LogP contribution in [-0.4, -0.2) is 34.3 Å². The first-order valence-corrected chi connectivity index (χ1v) is 11.2. The van der Waals surface area contributed by atoms with Gasteiger partial charge in [-0.05, 0) is 42.5 Å². The number of amidine groups is 1. The molecule has 1 aliphatic rings. The van der Waals surface area contributed by atoms with E-state index in [1.165, 1.54) is 59.7 Å². The van der Waals surface area contributed by atoms with Crippen LogP contribution in [0.15, 0.2) is 82.0 Å². The Morgan fingerprint density at radius 3 is 2.61 bits per heavy atom. The predicted molar refractivity (Wildman–Crippen MR) is 129 cm³/mol. The SMILES string of the molecule is O=C(CSC1=NC(=Cc2ccco2)C(=O)N1c1ccc(OC(F)F)cc1)Nc1ccccc1[N+](=O)[O-]. The molecule has 0 atom stereocenters. The van der Waals surface area contributed by atoms with E-state index in [0.29, 0.717) is 11.4 Å². The number of aliphatic imine (C=N–C) groups is 1. The summed E-state index contributed by atoms with van der Waals surface area (Å²) in [5, 5.41) is 13.8. The number of halogens is 2. The smallest absolute Gasteiger partial charge is 0.387 e. The van der Waals surface area contributed by atoms with Crippen LogP contribution in [0.2, 0.25) is 0 Å². The van der Waals surface area contributed by atoms with Gasteiger partial charge in [0.15, 0.2) is 5.17 Å². The summed E-state index contributed by atoms with van der Waals surface area (Å²) in [5.74, 6) is -1.04. The first-order chi connectivity index (χ1) is 17.3. The number of furan rings is 1. The monoisotopic (exact) mass is 514 g/mol. The van der Waals surface area contributed by atoms with Crippen LogP contribution >= 0.6 is 11.8 Å². The van der Waals surface area contributed by atoms with Crippen molar-refractivity contribution in [2.24, 2.45) is 4.99 Å². The van der Waals surface area contributed by atoms with Gasteiger partial charge in [0.25, 0.3) is 11.6 Å². The van der Waals surface area contributed by atoms with Crippen molar-refractivity contribution in [2.75, 3.05) is 16.0 Å². The zero-order chi connectivity index (χ0) is 25.7. The van der Waals surface area contributed by atoms with Gasteiger partial charge in [-0.25, -0.2) is 4.99 Å². The number of ether oxygens (including phenoxy) is 1. The molecular formula is C23H16F2N4O6S. The van der Waals surface area contributed by atoms with Crippen LogP contribution in [0.3, 0.4) is 0 Å². The Bertz CT molecular complexity index is 1340. The standard InChI is InChI=1S/C23H16F2N4O6S/c24-22(25)35-15-9-7-14(8-10-15)28-21(31)18(12-16-4-3-11-34-16)27-23(28)36-13-20(30)26-17-5-1-2-6-19(17)29(32)33/h1-12,22H,13H2,(H,26,30). The van der Waals surface area contributed by atoms with Crippen molar-refractivity contribution in [3.8, 4) is 5.75 Å². The van der Waals surface area contributed by atoms with Gasteiger partial charge in [0.1, 0.15) is 22.9 Å². The highest BCUT2D eigenvalue weighted by atomic mass is 32.2. The summed E-state index contributed by atoms with van der Waals surface area (Å²) in [6.07, 6.45) is 2.85. The Kier molecular flexibility index (Phi) is 7.39. The lowest BCUT2D eigenvalue weighted by Crippen LogP contribution is -2.31. The average molecular weight is 514 g/mol. The van der Waals surface area contributed by atoms with Gasteiger partial charge in [0, 0.05) is 12.1 Å². The molecule has 13 heteroatoms. The number of nitro benzene ring substituents is 1. The zero-order valence-corrected chi connectivity index (χ0v) is 19.0. The molecule has 36 heavy (non-hydrogen) atoms. The van der Waals surface area contributed by atoms with Crippen molar-refractivity contribution in [1.29, 1.82) is 0 Å². The number of carbonyl (C=O) groups is 2. The van der Waals surface area contributed by atoms with E-state index in [1.807, 2.05) is 0 Å². The first kappa shape index (κ1) is 24.6. The second-order valence-electron chi connectivity index (χ2n) is 7.06. The second kappa shape index (κ2) is 10.8. The van der Waals surface area contributed by atoms with E-state index in [1.54, 1.807) is 18.2 Å². The lowest BCUT2D eigenvalue weighted by molar-refractivity contribution is -0.383. The fourth-order valence-corrected chi connectivity index (χ4v) is 3.97. The largest absolute Gasteiger partial charge is 0.465 e. The normalized spacial score (nSPS) is 14.3. The van der Waals surface area contributed by atoms with Crippen LogP contribution < -0.4 is 15.0 Å². The molecule has 10 nitrogen and oxygen atoms in total. The van der Waals surface area contributed by atoms with Gasteiger partial charge >= 0.3 is 6.61 Å². The maximum Gasteiger partial charge on any atom is 0.387 e. The molecule has 2 amide bonds. The van der Waals surface area contributed by atoms with Crippen molar-refractivity contribution in [2.45, 2.75) is 6.61 Å². The van der Waals surface area contributed by atoms with E-state index < -0.39 is 23.3 Å². The minimum atomic E-state index is -3.00. The Morgan fingerprint density at radius 1 is 1.19 bits per heavy atom. The van der Waals surface area contributed by atoms with Gasteiger partial charge < -0.3 is 14.5 Å². The minimum absolute atomic E-state index is 0.0273. The van der Waals surface area contributed by atoms with Gasteiger partial charge in [-0.3, -0.25) is 24.6 Å². The molecule has 0 fully saturated rings. The van der Waals surface area contributed by atoms with E-state index in [2.05, 4.69) is 15.0 Å². The van der Waals surface area contributed by atoms with Crippen molar-refractivity contribution in [3.05, 3.63) is 88.5 Å². The molecule has 2 heterocycles. The summed E-state index contributed by atoms with van der Waals surface area (Å²) in [5.41, 5.74) is 0.0948. The van der Waals surface area contributed by atoms with Crippen molar-refractivity contribution >= 4 is 51.9 Å². The number of amides is 2. The van der Waals surface area contributed by atoms with Gasteiger partial charge in [-0.15, -0.1) is 0 Å². The molecule has 184 valence electrons. The Labute approximate surface area is 206 Å². The maximum atomic E-state index is 13.1. The van der Waals surface area contributed by atoms with Crippen molar-refractivity contribution in [1.82, 2.24) is 0 Å². The summed E-state index contributed by atoms with van der Waals surface area (Å²) in [6.45, 7) is -3.00. The van der Waals surface area contributed by atoms with Gasteiger partial charge in [0.2, 0.25) is 5.91 Å². The number of nitro groups is 1. The third-order valence-electron chi connectivity index (χ3n) is 4.68. The lowest BCUT2D eigenvalue weighted by Gasteiger charge is -2.18. The van der Waals surface area contributed by atoms with Gasteiger partial charge in [-0.2, -0.15) is 8.78 Å². The van der Waals surface area contributed by atoms with E-state index >= 15 is 0 Å². The Morgan fingerprint density at radius 2 is 1.94 bits per heavy atom. The number of hydrogen-bond acceptors (Lipinski definition) is 8. The molecular weight excluding hydrogens is 498 g/mol. The molecule has 4 rings (SSSR count). The number of para-hydroxylation sites is 2. The maximum absolute atomic E-state index is 13.1. The van der Waals surface area contributed by atoms with Gasteiger partial charge in [0.05, 0.1) is 22.6 Å². The third-order valence-corrected chi connectivity index (χ3v) is 5.62. The number of nitrogens with one attached hydrogen (secondary N) is 1. The summed E-state index contributed by atoms with van der Waals surface area (Å²) < 4.78 is 34.5. The number of anilines is 2. The van der Waals surface area contributed by atoms with Crippen LogP contribution in [0.4, 0.5) is 25.8 Å². The molecule has 0 saturated carbocycles. The highest BCUT2D eigenvalue weighted by Gasteiger charge is 2.33. The molecule has 2 aromatic carbocycles. The fourth-order valence-electron chi connectivity index (χ4n) is 3.16. The van der Waals surface area contributed by atoms with Crippen LogP contribution in [0.25, 0.3) is 6.08 Å². The predicted octanol–water partition coefficient (Wildman–Crippen LogP) is 4.90. The average Bonchev–Trinajstić information content (AvgIpc) is 3.46. The number of benzene rings is 2. The Hall–Kier alpha value is -4.52. The lowest BCUT2D eigenvalue weighted by atomic mass is 10.2. The van der Waals surface area contributed by atoms with E-state index in [0.717, 1.165) is 11.8 Å². The second-order valence-corrected chi connectivity index (χ2v) is 8.01. The molecule has 0 saturated heterocycles. The molecule has 0 bridgehead atoms. The minimum Gasteiger partial charge on any atom is -0.465 e. The van der Waals surface area contributed by atoms with Crippen molar-refractivity contribution in [3.63, 3.8) is 0 Å². The topological polar surface area (TPSA) is 127 Å². The number of rotatable bonds is 8. The summed E-state index contributed by atoms with van der Waals surface area (Å²) in [6, 6.07) is 14.3. The van der Waals surface area contributed by atoms with E-state index in [9.17, 15) is 28.5 Å².